The van der Waals surface area contributed by atoms with Crippen LogP contribution >= 0.6 is 0 Å². The monoisotopic (exact) mass is 486 g/mol. The molecule has 0 bridgehead atoms. The number of aliphatic hydroxyl groups excluding tert-OH is 1. The maximum absolute atomic E-state index is 14.2. The molecule has 0 spiro atoms. The van der Waals surface area contributed by atoms with Crippen LogP contribution in [0, 0.1) is 19.8 Å². The Balaban J connectivity index is 1.80. The Labute approximate surface area is 200 Å². The highest BCUT2D eigenvalue weighted by molar-refractivity contribution is 5.94. The van der Waals surface area contributed by atoms with E-state index >= 15 is 0 Å². The summed E-state index contributed by atoms with van der Waals surface area (Å²) in [5.41, 5.74) is 2.37. The highest BCUT2D eigenvalue weighted by Crippen LogP contribution is 2.35. The minimum atomic E-state index is -2.98. The van der Waals surface area contributed by atoms with Crippen molar-refractivity contribution in [3.05, 3.63) is 69.1 Å². The molecule has 2 atom stereocenters. The topological polar surface area (TPSA) is 107 Å². The normalized spacial score (nSPS) is 18.5. The second-order valence-electron chi connectivity index (χ2n) is 9.09. The molecule has 1 saturated heterocycles. The molecule has 10 heteroatoms. The molecule has 1 aromatic carbocycles. The molecule has 186 valence electrons. The van der Waals surface area contributed by atoms with E-state index in [9.17, 15) is 28.6 Å². The number of aryl methyl sites for hydroxylation is 1. The van der Waals surface area contributed by atoms with E-state index in [4.69, 9.17) is 4.98 Å². The number of aliphatic hydroxyl groups is 1. The minimum absolute atomic E-state index is 0.00788. The number of alkyl halides is 2. The molecular weight excluding hydrogens is 458 g/mol. The summed E-state index contributed by atoms with van der Waals surface area (Å²) in [6.07, 6.45) is 1.23. The first-order valence-electron chi connectivity index (χ1n) is 11.4. The molecule has 2 aromatic heterocycles. The van der Waals surface area contributed by atoms with E-state index in [1.54, 1.807) is 36.2 Å². The Hall–Kier alpha value is -3.53. The van der Waals surface area contributed by atoms with Crippen molar-refractivity contribution in [2.24, 2.45) is 5.92 Å². The summed E-state index contributed by atoms with van der Waals surface area (Å²) in [6.45, 7) is 4.52. The van der Waals surface area contributed by atoms with Crippen molar-refractivity contribution in [1.29, 1.82) is 0 Å². The van der Waals surface area contributed by atoms with Gasteiger partial charge < -0.3 is 20.4 Å². The van der Waals surface area contributed by atoms with Crippen LogP contribution in [-0.2, 0) is 0 Å². The molecule has 3 N–H and O–H groups in total. The Kier molecular flexibility index (Phi) is 6.50. The number of para-hydroxylation sites is 1. The number of carboxylic acids is 1. The van der Waals surface area contributed by atoms with Crippen molar-refractivity contribution in [3.8, 4) is 0 Å². The third-order valence-electron chi connectivity index (χ3n) is 6.56. The van der Waals surface area contributed by atoms with Crippen LogP contribution in [0.2, 0.25) is 0 Å². The van der Waals surface area contributed by atoms with Gasteiger partial charge in [0.2, 0.25) is 0 Å². The second kappa shape index (κ2) is 9.26. The van der Waals surface area contributed by atoms with Crippen LogP contribution in [0.15, 0.2) is 41.3 Å². The van der Waals surface area contributed by atoms with Gasteiger partial charge in [-0.2, -0.15) is 0 Å². The van der Waals surface area contributed by atoms with Crippen molar-refractivity contribution in [1.82, 2.24) is 9.38 Å². The Bertz CT molecular complexity index is 1340. The SMILES string of the molecule is Cc1cc([C@@H](C)Nc2ccccc2C(=O)O)c2nc(N3CCC(F)(F)C(CO)C3)c(C)c(=O)n2c1. The minimum Gasteiger partial charge on any atom is -0.478 e. The third kappa shape index (κ3) is 4.58. The maximum Gasteiger partial charge on any atom is 0.337 e. The largest absolute Gasteiger partial charge is 0.478 e. The van der Waals surface area contributed by atoms with Crippen molar-refractivity contribution in [2.75, 3.05) is 29.9 Å². The molecular formula is C25H28F2N4O4. The first-order valence-corrected chi connectivity index (χ1v) is 11.4. The first kappa shape index (κ1) is 24.6. The van der Waals surface area contributed by atoms with Crippen LogP contribution in [0.5, 0.6) is 0 Å². The van der Waals surface area contributed by atoms with Gasteiger partial charge >= 0.3 is 5.97 Å². The van der Waals surface area contributed by atoms with Crippen LogP contribution in [0.3, 0.4) is 0 Å². The molecule has 4 rings (SSSR count). The predicted molar refractivity (Wildman–Crippen MR) is 129 cm³/mol. The van der Waals surface area contributed by atoms with Crippen LogP contribution in [-0.4, -0.2) is 51.2 Å². The summed E-state index contributed by atoms with van der Waals surface area (Å²) in [4.78, 5) is 31.3. The number of nitrogens with one attached hydrogen (secondary N) is 1. The van der Waals surface area contributed by atoms with E-state index < -0.39 is 36.9 Å². The van der Waals surface area contributed by atoms with Crippen molar-refractivity contribution in [2.45, 2.75) is 39.2 Å². The van der Waals surface area contributed by atoms with Crippen molar-refractivity contribution < 1.29 is 23.8 Å². The van der Waals surface area contributed by atoms with Crippen molar-refractivity contribution in [3.63, 3.8) is 0 Å². The summed E-state index contributed by atoms with van der Waals surface area (Å²) in [5, 5.41) is 22.2. The Morgan fingerprint density at radius 1 is 1.31 bits per heavy atom. The highest BCUT2D eigenvalue weighted by atomic mass is 19.3. The van der Waals surface area contributed by atoms with Gasteiger partial charge in [-0.3, -0.25) is 9.20 Å². The number of pyridine rings is 1. The van der Waals surface area contributed by atoms with E-state index in [-0.39, 0.29) is 24.2 Å². The van der Waals surface area contributed by atoms with E-state index in [2.05, 4.69) is 5.32 Å². The number of anilines is 2. The average Bonchev–Trinajstić information content (AvgIpc) is 2.81. The molecule has 1 aliphatic heterocycles. The third-order valence-corrected chi connectivity index (χ3v) is 6.56. The van der Waals surface area contributed by atoms with Crippen molar-refractivity contribution >= 4 is 23.1 Å². The highest BCUT2D eigenvalue weighted by Gasteiger charge is 2.44. The molecule has 35 heavy (non-hydrogen) atoms. The number of carbonyl (C=O) groups is 1. The van der Waals surface area contributed by atoms with Gasteiger partial charge in [-0.25, -0.2) is 18.6 Å². The molecule has 0 radical (unpaired) electrons. The number of aromatic nitrogens is 2. The number of benzene rings is 1. The quantitative estimate of drug-likeness (QED) is 0.488. The molecule has 0 amide bonds. The summed E-state index contributed by atoms with van der Waals surface area (Å²) in [7, 11) is 0. The van der Waals surface area contributed by atoms with Crippen LogP contribution in [0.25, 0.3) is 5.65 Å². The number of piperidine rings is 1. The van der Waals surface area contributed by atoms with Gasteiger partial charge in [0.15, 0.2) is 0 Å². The first-order chi connectivity index (χ1) is 16.5. The van der Waals surface area contributed by atoms with E-state index in [1.165, 1.54) is 10.5 Å². The smallest absolute Gasteiger partial charge is 0.337 e. The Morgan fingerprint density at radius 2 is 2.03 bits per heavy atom. The van der Waals surface area contributed by atoms with Gasteiger partial charge in [0.1, 0.15) is 11.5 Å². The molecule has 3 heterocycles. The van der Waals surface area contributed by atoms with Gasteiger partial charge in [0.25, 0.3) is 11.5 Å². The predicted octanol–water partition coefficient (Wildman–Crippen LogP) is 3.64. The lowest BCUT2D eigenvalue weighted by Crippen LogP contribution is -2.49. The van der Waals surface area contributed by atoms with Gasteiger partial charge in [0, 0.05) is 37.0 Å². The standard InChI is InChI=1S/C25H28F2N4O4/c1-14-10-19(16(3)28-20-7-5-4-6-18(20)24(34)35)22-29-21(15(2)23(33)31(22)11-14)30-9-8-25(26,27)17(12-30)13-32/h4-7,10-11,16-17,28,32H,8-9,12-13H2,1-3H3,(H,34,35)/t16-,17?/m1/s1. The molecule has 1 fully saturated rings. The van der Waals surface area contributed by atoms with Gasteiger partial charge in [0.05, 0.1) is 29.7 Å². The fourth-order valence-corrected chi connectivity index (χ4v) is 4.58. The lowest BCUT2D eigenvalue weighted by molar-refractivity contribution is -0.0880. The average molecular weight is 487 g/mol. The number of fused-ring (bicyclic) bond motifs is 1. The zero-order chi connectivity index (χ0) is 25.5. The fraction of sp³-hybridized carbons (Fsp3) is 0.400. The zero-order valence-electron chi connectivity index (χ0n) is 19.8. The summed E-state index contributed by atoms with van der Waals surface area (Å²) in [6, 6.07) is 7.96. The lowest BCUT2D eigenvalue weighted by atomic mass is 9.94. The van der Waals surface area contributed by atoms with Gasteiger partial charge in [-0.15, -0.1) is 0 Å². The zero-order valence-corrected chi connectivity index (χ0v) is 19.8. The summed E-state index contributed by atoms with van der Waals surface area (Å²) < 4.78 is 29.8. The van der Waals surface area contributed by atoms with Gasteiger partial charge in [-0.1, -0.05) is 12.1 Å². The fourth-order valence-electron chi connectivity index (χ4n) is 4.58. The number of halogens is 2. The Morgan fingerprint density at radius 3 is 2.71 bits per heavy atom. The number of hydrogen-bond acceptors (Lipinski definition) is 6. The summed E-state index contributed by atoms with van der Waals surface area (Å²) in [5.74, 6) is -4.99. The molecule has 0 aliphatic carbocycles. The number of aromatic carboxylic acids is 1. The maximum atomic E-state index is 14.2. The van der Waals surface area contributed by atoms with E-state index in [0.29, 0.717) is 28.3 Å². The van der Waals surface area contributed by atoms with Crippen LogP contribution in [0.1, 0.15) is 46.4 Å². The van der Waals surface area contributed by atoms with Gasteiger partial charge in [-0.05, 0) is 44.5 Å². The number of rotatable bonds is 6. The lowest BCUT2D eigenvalue weighted by Gasteiger charge is -2.38. The number of carboxylic acid groups (broad SMARTS) is 1. The van der Waals surface area contributed by atoms with E-state index in [1.807, 2.05) is 19.9 Å². The second-order valence-corrected chi connectivity index (χ2v) is 9.09. The molecule has 3 aromatic rings. The molecule has 0 saturated carbocycles. The molecule has 8 nitrogen and oxygen atoms in total. The molecule has 1 aliphatic rings. The number of hydrogen-bond donors (Lipinski definition) is 3. The van der Waals surface area contributed by atoms with E-state index in [0.717, 1.165) is 5.56 Å². The van der Waals surface area contributed by atoms with Crippen LogP contribution in [0.4, 0.5) is 20.3 Å². The number of nitrogens with zero attached hydrogens (tertiary/aromatic N) is 3. The molecule has 1 unspecified atom stereocenters. The van der Waals surface area contributed by atoms with Crippen LogP contribution < -0.4 is 15.8 Å². The summed E-state index contributed by atoms with van der Waals surface area (Å²) >= 11 is 0.